The molecular weight excluding hydrogens is 346 g/mol. The minimum atomic E-state index is -0.226. The van der Waals surface area contributed by atoms with Crippen LogP contribution in [-0.2, 0) is 9.53 Å². The Morgan fingerprint density at radius 1 is 0.786 bits per heavy atom. The summed E-state index contributed by atoms with van der Waals surface area (Å²) in [4.78, 5) is 14.7. The van der Waals surface area contributed by atoms with Crippen molar-refractivity contribution in [3.8, 4) is 0 Å². The van der Waals surface area contributed by atoms with Gasteiger partial charge in [0.25, 0.3) is 0 Å². The first-order valence-electron chi connectivity index (χ1n) is 12.0. The molecule has 160 valence electrons. The molecule has 0 bridgehead atoms. The molecule has 3 saturated carbocycles. The monoisotopic (exact) mass is 389 g/mol. The van der Waals surface area contributed by atoms with Crippen molar-refractivity contribution in [2.75, 3.05) is 6.61 Å². The zero-order valence-corrected chi connectivity index (χ0v) is 18.6. The number of hydrogen-bond donors (Lipinski definition) is 0. The number of ether oxygens (including phenoxy) is 1. The van der Waals surface area contributed by atoms with E-state index in [0.29, 0.717) is 18.1 Å². The van der Waals surface area contributed by atoms with E-state index in [1.165, 1.54) is 77.0 Å². The molecule has 0 atom stereocenters. The topological polar surface area (TPSA) is 29.5 Å². The van der Waals surface area contributed by atoms with E-state index in [1.807, 2.05) is 0 Å². The molecule has 0 aromatic heterocycles. The number of nitrogens with zero attached hydrogens (tertiary/aromatic N) is 1. The number of hydrogen-bond acceptors (Lipinski definition) is 3. The summed E-state index contributed by atoms with van der Waals surface area (Å²) in [5, 5.41) is 0. The highest BCUT2D eigenvalue weighted by atomic mass is 16.5. The molecule has 3 heteroatoms. The third kappa shape index (κ3) is 5.84. The third-order valence-electron chi connectivity index (χ3n) is 7.85. The highest BCUT2D eigenvalue weighted by molar-refractivity contribution is 5.86. The molecule has 3 nitrogen and oxygen atoms in total. The molecular formula is C25H43NO2. The van der Waals surface area contributed by atoms with Crippen LogP contribution in [0.3, 0.4) is 0 Å². The van der Waals surface area contributed by atoms with Crippen LogP contribution >= 0.6 is 0 Å². The number of carbonyl (C=O) groups is 1. The van der Waals surface area contributed by atoms with E-state index in [9.17, 15) is 4.79 Å². The van der Waals surface area contributed by atoms with Crippen LogP contribution in [0, 0.1) is 17.8 Å². The zero-order valence-electron chi connectivity index (χ0n) is 18.6. The molecule has 0 unspecified atom stereocenters. The van der Waals surface area contributed by atoms with Crippen molar-refractivity contribution in [1.29, 1.82) is 0 Å². The van der Waals surface area contributed by atoms with Crippen molar-refractivity contribution in [3.05, 3.63) is 12.2 Å². The van der Waals surface area contributed by atoms with Crippen LogP contribution in [0.1, 0.15) is 97.8 Å². The molecule has 0 aromatic rings. The number of esters is 1. The second kappa shape index (κ2) is 10.3. The lowest BCUT2D eigenvalue weighted by molar-refractivity contribution is -0.140. The van der Waals surface area contributed by atoms with Crippen LogP contribution in [0.5, 0.6) is 0 Å². The van der Waals surface area contributed by atoms with E-state index in [1.54, 1.807) is 6.92 Å². The molecule has 0 N–H and O–H groups in total. The van der Waals surface area contributed by atoms with Gasteiger partial charge in [-0.1, -0.05) is 20.4 Å². The molecule has 28 heavy (non-hydrogen) atoms. The van der Waals surface area contributed by atoms with Crippen molar-refractivity contribution in [2.45, 2.75) is 116 Å². The van der Waals surface area contributed by atoms with E-state index < -0.39 is 0 Å². The Morgan fingerprint density at radius 2 is 1.18 bits per heavy atom. The van der Waals surface area contributed by atoms with Crippen molar-refractivity contribution >= 4 is 5.97 Å². The van der Waals surface area contributed by atoms with Crippen molar-refractivity contribution in [2.24, 2.45) is 17.8 Å². The Hall–Kier alpha value is -0.830. The largest absolute Gasteiger partial charge is 0.462 e. The summed E-state index contributed by atoms with van der Waals surface area (Å²) >= 11 is 0. The first-order chi connectivity index (χ1) is 13.4. The van der Waals surface area contributed by atoms with Gasteiger partial charge >= 0.3 is 5.97 Å². The molecule has 3 rings (SSSR count). The average molecular weight is 390 g/mol. The lowest BCUT2D eigenvalue weighted by Gasteiger charge is -2.49. The Labute approximate surface area is 173 Å². The molecule has 3 aliphatic carbocycles. The number of rotatable bonds is 6. The minimum Gasteiger partial charge on any atom is -0.462 e. The molecule has 0 saturated heterocycles. The summed E-state index contributed by atoms with van der Waals surface area (Å²) in [6, 6.07) is 2.39. The van der Waals surface area contributed by atoms with Gasteiger partial charge < -0.3 is 4.74 Å². The van der Waals surface area contributed by atoms with Gasteiger partial charge in [0, 0.05) is 23.7 Å². The van der Waals surface area contributed by atoms with Gasteiger partial charge in [0.15, 0.2) is 0 Å². The Kier molecular flexibility index (Phi) is 8.02. The summed E-state index contributed by atoms with van der Waals surface area (Å²) in [5.41, 5.74) is 0.512. The van der Waals surface area contributed by atoms with Gasteiger partial charge in [0.2, 0.25) is 0 Å². The minimum absolute atomic E-state index is 0.226. The molecule has 3 aliphatic rings. The summed E-state index contributed by atoms with van der Waals surface area (Å²) in [6.07, 6.45) is 16.3. The fourth-order valence-corrected chi connectivity index (χ4v) is 5.90. The Bertz CT molecular complexity index is 485. The maximum absolute atomic E-state index is 11.7. The van der Waals surface area contributed by atoms with Crippen LogP contribution in [-0.4, -0.2) is 35.6 Å². The van der Waals surface area contributed by atoms with Gasteiger partial charge in [-0.2, -0.15) is 0 Å². The molecule has 0 aromatic carbocycles. The fraction of sp³-hybridized carbons (Fsp3) is 0.880. The van der Waals surface area contributed by atoms with E-state index in [-0.39, 0.29) is 5.97 Å². The SMILES string of the molecule is C=C(C)C(=O)OCC1CCC(N(C2CCC(C)CC2)C2CCC(C)CC2)CC1. The molecule has 0 heterocycles. The van der Waals surface area contributed by atoms with Crippen LogP contribution in [0.25, 0.3) is 0 Å². The lowest BCUT2D eigenvalue weighted by atomic mass is 9.78. The van der Waals surface area contributed by atoms with Crippen LogP contribution < -0.4 is 0 Å². The quantitative estimate of drug-likeness (QED) is 0.404. The standard InChI is InChI=1S/C25H43NO2/c1-18(2)25(27)28-17-21-9-15-24(16-10-21)26(22-11-5-19(3)6-12-22)23-13-7-20(4)8-14-23/h19-24H,1,5-17H2,2-4H3. The first-order valence-corrected chi connectivity index (χ1v) is 12.0. The third-order valence-corrected chi connectivity index (χ3v) is 7.85. The van der Waals surface area contributed by atoms with Crippen molar-refractivity contribution in [1.82, 2.24) is 4.90 Å². The van der Waals surface area contributed by atoms with Crippen LogP contribution in [0.15, 0.2) is 12.2 Å². The summed E-state index contributed by atoms with van der Waals surface area (Å²) in [5.74, 6) is 2.15. The van der Waals surface area contributed by atoms with Gasteiger partial charge in [-0.25, -0.2) is 4.79 Å². The highest BCUT2D eigenvalue weighted by Gasteiger charge is 2.37. The molecule has 0 radical (unpaired) electrons. The van der Waals surface area contributed by atoms with Gasteiger partial charge in [0.05, 0.1) is 6.61 Å². The normalized spacial score (nSPS) is 36.9. The smallest absolute Gasteiger partial charge is 0.333 e. The van der Waals surface area contributed by atoms with E-state index in [4.69, 9.17) is 4.74 Å². The molecule has 0 spiro atoms. The lowest BCUT2D eigenvalue weighted by Crippen LogP contribution is -2.52. The second-order valence-electron chi connectivity index (χ2n) is 10.3. The van der Waals surface area contributed by atoms with E-state index in [0.717, 1.165) is 30.0 Å². The second-order valence-corrected chi connectivity index (χ2v) is 10.3. The Balaban J connectivity index is 1.56. The predicted octanol–water partition coefficient (Wildman–Crippen LogP) is 6.12. The number of carbonyl (C=O) groups excluding carboxylic acids is 1. The summed E-state index contributed by atoms with van der Waals surface area (Å²) < 4.78 is 5.44. The van der Waals surface area contributed by atoms with Crippen LogP contribution in [0.4, 0.5) is 0 Å². The van der Waals surface area contributed by atoms with Gasteiger partial charge in [-0.3, -0.25) is 4.90 Å². The van der Waals surface area contributed by atoms with Crippen molar-refractivity contribution in [3.63, 3.8) is 0 Å². The van der Waals surface area contributed by atoms with E-state index >= 15 is 0 Å². The predicted molar refractivity (Wildman–Crippen MR) is 116 cm³/mol. The van der Waals surface area contributed by atoms with Crippen LogP contribution in [0.2, 0.25) is 0 Å². The summed E-state index contributed by atoms with van der Waals surface area (Å²) in [7, 11) is 0. The zero-order chi connectivity index (χ0) is 20.1. The average Bonchev–Trinajstić information content (AvgIpc) is 2.70. The Morgan fingerprint density at radius 3 is 1.57 bits per heavy atom. The first kappa shape index (κ1) is 21.9. The fourth-order valence-electron chi connectivity index (χ4n) is 5.90. The highest BCUT2D eigenvalue weighted by Crippen LogP contribution is 2.39. The molecule has 0 aliphatic heterocycles. The van der Waals surface area contributed by atoms with Gasteiger partial charge in [-0.05, 0) is 102 Å². The summed E-state index contributed by atoms with van der Waals surface area (Å²) in [6.45, 7) is 10.9. The molecule has 3 fully saturated rings. The van der Waals surface area contributed by atoms with Crippen molar-refractivity contribution < 1.29 is 9.53 Å². The van der Waals surface area contributed by atoms with Gasteiger partial charge in [-0.15, -0.1) is 0 Å². The maximum Gasteiger partial charge on any atom is 0.333 e. The van der Waals surface area contributed by atoms with E-state index in [2.05, 4.69) is 25.3 Å². The van der Waals surface area contributed by atoms with Gasteiger partial charge in [0.1, 0.15) is 0 Å². The molecule has 0 amide bonds. The maximum atomic E-state index is 11.7.